The number of fused-ring (bicyclic) bond motifs is 2. The third-order valence-corrected chi connectivity index (χ3v) is 9.38. The first-order chi connectivity index (χ1) is 23.1. The van der Waals surface area contributed by atoms with Crippen LogP contribution in [0.15, 0.2) is 47.5 Å². The molecule has 1 aliphatic rings. The Labute approximate surface area is 295 Å². The lowest BCUT2D eigenvalue weighted by atomic mass is 10.0. The Morgan fingerprint density at radius 3 is 2.33 bits per heavy atom. The number of amides is 2. The smallest absolute Gasteiger partial charge is 0.422 e. The Morgan fingerprint density at radius 2 is 1.65 bits per heavy atom. The largest absolute Gasteiger partial charge is 0.465 e. The van der Waals surface area contributed by atoms with Gasteiger partial charge in [0.05, 0.1) is 29.8 Å². The van der Waals surface area contributed by atoms with Gasteiger partial charge in [-0.25, -0.2) is 14.5 Å². The van der Waals surface area contributed by atoms with Crippen molar-refractivity contribution in [2.75, 3.05) is 17.3 Å². The molecule has 0 radical (unpaired) electrons. The van der Waals surface area contributed by atoms with E-state index in [-0.39, 0.29) is 18.0 Å². The predicted octanol–water partition coefficient (Wildman–Crippen LogP) is 9.74. The van der Waals surface area contributed by atoms with Gasteiger partial charge in [-0.2, -0.15) is 0 Å². The van der Waals surface area contributed by atoms with Crippen LogP contribution in [0, 0.1) is 5.92 Å². The van der Waals surface area contributed by atoms with Crippen LogP contribution < -0.4 is 4.90 Å². The van der Waals surface area contributed by atoms with Gasteiger partial charge in [0, 0.05) is 22.2 Å². The molecule has 2 aromatic carbocycles. The first-order valence-electron chi connectivity index (χ1n) is 17.5. The van der Waals surface area contributed by atoms with Crippen molar-refractivity contribution in [3.05, 3.63) is 59.3 Å². The van der Waals surface area contributed by atoms with E-state index in [1.807, 2.05) is 18.2 Å². The molecule has 0 aliphatic heterocycles. The van der Waals surface area contributed by atoms with Crippen LogP contribution in [0.2, 0.25) is 0 Å². The van der Waals surface area contributed by atoms with Gasteiger partial charge in [0.25, 0.3) is 5.91 Å². The fourth-order valence-electron chi connectivity index (χ4n) is 5.86. The Morgan fingerprint density at radius 1 is 0.939 bits per heavy atom. The molecule has 2 amide bonds. The van der Waals surface area contributed by atoms with E-state index >= 15 is 0 Å². The number of hydrogen-bond acceptors (Lipinski definition) is 8. The molecule has 1 unspecified atom stereocenters. The zero-order valence-electron chi connectivity index (χ0n) is 30.4. The molecule has 0 fully saturated rings. The molecule has 1 aromatic heterocycles. The van der Waals surface area contributed by atoms with Gasteiger partial charge in [0.15, 0.2) is 0 Å². The summed E-state index contributed by atoms with van der Waals surface area (Å²) in [6.45, 7) is 15.2. The SMILES string of the molecule is CCCCC(CC)COC(=O)CCSc1cccc2c1c(C(=O)N(C(=O)OC(C)(C)C)c1ccc3c(c1)CCC3)cn2C(=O)OC(C)(C)C. The van der Waals surface area contributed by atoms with Crippen LogP contribution in [-0.4, -0.2) is 52.2 Å². The van der Waals surface area contributed by atoms with Gasteiger partial charge in [-0.15, -0.1) is 11.8 Å². The number of rotatable bonds is 12. The normalized spacial score (nSPS) is 13.6. The summed E-state index contributed by atoms with van der Waals surface area (Å²) in [5.74, 6) is -0.157. The van der Waals surface area contributed by atoms with Crippen LogP contribution in [-0.2, 0) is 31.8 Å². The number of esters is 1. The van der Waals surface area contributed by atoms with Crippen molar-refractivity contribution in [2.45, 2.75) is 123 Å². The molecular formula is C39H52N2O7S. The van der Waals surface area contributed by atoms with E-state index in [4.69, 9.17) is 14.2 Å². The minimum Gasteiger partial charge on any atom is -0.465 e. The minimum atomic E-state index is -0.861. The second-order valence-electron chi connectivity index (χ2n) is 14.7. The van der Waals surface area contributed by atoms with Crippen molar-refractivity contribution in [2.24, 2.45) is 5.92 Å². The minimum absolute atomic E-state index is 0.139. The molecule has 9 nitrogen and oxygen atoms in total. The maximum absolute atomic E-state index is 14.7. The third-order valence-electron chi connectivity index (χ3n) is 8.32. The summed E-state index contributed by atoms with van der Waals surface area (Å²) in [6.07, 6.45) is 7.18. The van der Waals surface area contributed by atoms with E-state index in [2.05, 4.69) is 13.8 Å². The van der Waals surface area contributed by atoms with E-state index in [0.29, 0.717) is 39.8 Å². The average Bonchev–Trinajstić information content (AvgIpc) is 3.65. The lowest BCUT2D eigenvalue weighted by Gasteiger charge is -2.26. The molecule has 49 heavy (non-hydrogen) atoms. The number of thioether (sulfide) groups is 1. The molecule has 3 aromatic rings. The molecule has 0 saturated heterocycles. The van der Waals surface area contributed by atoms with Crippen LogP contribution >= 0.6 is 11.8 Å². The monoisotopic (exact) mass is 692 g/mol. The van der Waals surface area contributed by atoms with Crippen LogP contribution in [0.4, 0.5) is 15.3 Å². The lowest BCUT2D eigenvalue weighted by Crippen LogP contribution is -2.41. The van der Waals surface area contributed by atoms with Gasteiger partial charge in [-0.1, -0.05) is 45.2 Å². The van der Waals surface area contributed by atoms with Crippen LogP contribution in [0.1, 0.15) is 115 Å². The number of aryl methyl sites for hydroxylation is 2. The molecule has 0 N–H and O–H groups in total. The summed E-state index contributed by atoms with van der Waals surface area (Å²) in [6, 6.07) is 11.0. The molecule has 0 bridgehead atoms. The van der Waals surface area contributed by atoms with E-state index < -0.39 is 29.3 Å². The highest BCUT2D eigenvalue weighted by Gasteiger charge is 2.34. The molecule has 0 saturated carbocycles. The number of benzene rings is 2. The van der Waals surface area contributed by atoms with E-state index in [9.17, 15) is 19.2 Å². The molecule has 4 rings (SSSR count). The van der Waals surface area contributed by atoms with Gasteiger partial charge >= 0.3 is 18.2 Å². The van der Waals surface area contributed by atoms with Crippen molar-refractivity contribution in [3.8, 4) is 0 Å². The quantitative estimate of drug-likeness (QED) is 0.105. The number of hydrogen-bond donors (Lipinski definition) is 0. The standard InChI is InChI=1S/C39H52N2O7S/c1-9-11-14-26(10-2)25-46-33(42)21-22-49-32-18-13-17-31-34(32)30(24-40(31)36(44)47-38(3,4)5)35(43)41(37(45)48-39(6,7)8)29-20-19-27-15-12-16-28(27)23-29/h13,17-20,23-24,26H,9-12,14-16,21-22,25H2,1-8H3. The Kier molecular flexibility index (Phi) is 12.6. The van der Waals surface area contributed by atoms with Gasteiger partial charge in [0.2, 0.25) is 0 Å². The summed E-state index contributed by atoms with van der Waals surface area (Å²) < 4.78 is 18.4. The fourth-order valence-corrected chi connectivity index (χ4v) is 6.88. The molecule has 1 aliphatic carbocycles. The highest BCUT2D eigenvalue weighted by Crippen LogP contribution is 2.36. The van der Waals surface area contributed by atoms with Gasteiger partial charge < -0.3 is 14.2 Å². The van der Waals surface area contributed by atoms with Crippen molar-refractivity contribution in [3.63, 3.8) is 0 Å². The number of nitrogens with zero attached hydrogens (tertiary/aromatic N) is 2. The number of unbranched alkanes of at least 4 members (excludes halogenated alkanes) is 1. The second-order valence-corrected chi connectivity index (χ2v) is 15.8. The average molecular weight is 693 g/mol. The first-order valence-corrected chi connectivity index (χ1v) is 18.5. The summed E-state index contributed by atoms with van der Waals surface area (Å²) in [4.78, 5) is 56.4. The highest BCUT2D eigenvalue weighted by atomic mass is 32.2. The Balaban J connectivity index is 1.71. The highest BCUT2D eigenvalue weighted by molar-refractivity contribution is 7.99. The number of aromatic nitrogens is 1. The van der Waals surface area contributed by atoms with E-state index in [1.165, 1.54) is 28.1 Å². The first kappa shape index (κ1) is 38.0. The maximum atomic E-state index is 14.7. The zero-order chi connectivity index (χ0) is 35.9. The number of anilines is 1. The topological polar surface area (TPSA) is 104 Å². The Bertz CT molecular complexity index is 1660. The second kappa shape index (κ2) is 16.3. The molecule has 10 heteroatoms. The zero-order valence-corrected chi connectivity index (χ0v) is 31.2. The van der Waals surface area contributed by atoms with Crippen molar-refractivity contribution in [1.82, 2.24) is 4.57 Å². The van der Waals surface area contributed by atoms with Crippen LogP contribution in [0.3, 0.4) is 0 Å². The number of imide groups is 1. The summed E-state index contributed by atoms with van der Waals surface area (Å²) in [5, 5.41) is 0.483. The molecule has 1 heterocycles. The summed E-state index contributed by atoms with van der Waals surface area (Å²) in [7, 11) is 0. The molecular weight excluding hydrogens is 641 g/mol. The van der Waals surface area contributed by atoms with Crippen LogP contribution in [0.25, 0.3) is 10.9 Å². The van der Waals surface area contributed by atoms with Crippen molar-refractivity contribution in [1.29, 1.82) is 0 Å². The molecule has 0 spiro atoms. The van der Waals surface area contributed by atoms with Crippen molar-refractivity contribution >= 4 is 52.4 Å². The van der Waals surface area contributed by atoms with Gasteiger partial charge in [-0.3, -0.25) is 14.2 Å². The third kappa shape index (κ3) is 10.1. The Hall–Kier alpha value is -3.79. The van der Waals surface area contributed by atoms with Gasteiger partial charge in [-0.05, 0) is 109 Å². The number of carbonyl (C=O) groups excluding carboxylic acids is 4. The van der Waals surface area contributed by atoms with Gasteiger partial charge in [0.1, 0.15) is 11.2 Å². The van der Waals surface area contributed by atoms with E-state index in [1.54, 1.807) is 59.7 Å². The number of ether oxygens (including phenoxy) is 3. The maximum Gasteiger partial charge on any atom is 0.422 e. The predicted molar refractivity (Wildman–Crippen MR) is 195 cm³/mol. The number of carbonyl (C=O) groups is 4. The fraction of sp³-hybridized carbons (Fsp3) is 0.538. The van der Waals surface area contributed by atoms with Crippen LogP contribution in [0.5, 0.6) is 0 Å². The summed E-state index contributed by atoms with van der Waals surface area (Å²) >= 11 is 1.39. The van der Waals surface area contributed by atoms with E-state index in [0.717, 1.165) is 55.4 Å². The molecule has 1 atom stereocenters. The summed E-state index contributed by atoms with van der Waals surface area (Å²) in [5.41, 5.74) is 1.63. The molecule has 266 valence electrons. The van der Waals surface area contributed by atoms with Crippen molar-refractivity contribution < 1.29 is 33.4 Å². The lowest BCUT2D eigenvalue weighted by molar-refractivity contribution is -0.144.